The molecule has 0 bridgehead atoms. The van der Waals surface area contributed by atoms with Gasteiger partial charge < -0.3 is 39.4 Å². The summed E-state index contributed by atoms with van der Waals surface area (Å²) in [6, 6.07) is 0. The maximum absolute atomic E-state index is 12.8. The van der Waals surface area contributed by atoms with Gasteiger partial charge in [-0.2, -0.15) is 0 Å². The predicted octanol–water partition coefficient (Wildman–Crippen LogP) is 12.7. The first kappa shape index (κ1) is 60.6. The van der Waals surface area contributed by atoms with Crippen LogP contribution in [-0.4, -0.2) is 89.6 Å². The molecule has 1 heterocycles. The van der Waals surface area contributed by atoms with Crippen LogP contribution >= 0.6 is 0 Å². The van der Waals surface area contributed by atoms with Crippen molar-refractivity contribution in [3.8, 4) is 0 Å². The van der Waals surface area contributed by atoms with Gasteiger partial charge in [0.05, 0.1) is 19.8 Å². The first-order valence-electron chi connectivity index (χ1n) is 25.6. The summed E-state index contributed by atoms with van der Waals surface area (Å²) in [6.45, 7) is 4.16. The van der Waals surface area contributed by atoms with Gasteiger partial charge in [-0.1, -0.05) is 187 Å². The normalized spacial score (nSPS) is 20.4. The van der Waals surface area contributed by atoms with Crippen LogP contribution in [-0.2, 0) is 23.7 Å². The third-order valence-electron chi connectivity index (χ3n) is 10.9. The number of hydrogen-bond donors (Lipinski definition) is 4. The van der Waals surface area contributed by atoms with Crippen LogP contribution in [0.1, 0.15) is 168 Å². The van der Waals surface area contributed by atoms with Gasteiger partial charge in [-0.3, -0.25) is 4.79 Å². The fraction of sp³-hybridized carbons (Fsp3) is 0.632. The summed E-state index contributed by atoms with van der Waals surface area (Å²) in [7, 11) is 0. The summed E-state index contributed by atoms with van der Waals surface area (Å²) >= 11 is 0. The Kier molecular flexibility index (Phi) is 42.9. The lowest BCUT2D eigenvalue weighted by molar-refractivity contribution is -0.305. The second kappa shape index (κ2) is 46.7. The van der Waals surface area contributed by atoms with Crippen molar-refractivity contribution in [3.05, 3.63) is 122 Å². The largest absolute Gasteiger partial charge is 0.457 e. The molecule has 374 valence electrons. The Labute approximate surface area is 401 Å². The number of aliphatic hydroxyl groups is 4. The average Bonchev–Trinajstić information content (AvgIpc) is 3.32. The molecule has 1 aliphatic heterocycles. The van der Waals surface area contributed by atoms with Gasteiger partial charge >= 0.3 is 5.97 Å². The molecular formula is C57H92O9. The molecule has 0 amide bonds. The van der Waals surface area contributed by atoms with Crippen molar-refractivity contribution in [1.29, 1.82) is 0 Å². The molecule has 0 aliphatic carbocycles. The second-order valence-corrected chi connectivity index (χ2v) is 16.8. The van der Waals surface area contributed by atoms with E-state index >= 15 is 0 Å². The van der Waals surface area contributed by atoms with Crippen molar-refractivity contribution < 1.29 is 44.2 Å². The minimum atomic E-state index is -1.56. The minimum absolute atomic E-state index is 0.0946. The molecule has 0 saturated carbocycles. The number of esters is 1. The topological polar surface area (TPSA) is 135 Å². The Balaban J connectivity index is 2.27. The van der Waals surface area contributed by atoms with Crippen LogP contribution in [0.15, 0.2) is 122 Å². The fourth-order valence-electron chi connectivity index (χ4n) is 6.97. The van der Waals surface area contributed by atoms with Crippen LogP contribution in [0.4, 0.5) is 0 Å². The van der Waals surface area contributed by atoms with E-state index in [4.69, 9.17) is 18.9 Å². The Morgan fingerprint density at radius 1 is 0.485 bits per heavy atom. The Hall–Kier alpha value is -3.41. The van der Waals surface area contributed by atoms with E-state index in [1.165, 1.54) is 44.9 Å². The van der Waals surface area contributed by atoms with Crippen molar-refractivity contribution in [1.82, 2.24) is 0 Å². The van der Waals surface area contributed by atoms with E-state index in [9.17, 15) is 25.2 Å². The van der Waals surface area contributed by atoms with Crippen molar-refractivity contribution in [2.75, 3.05) is 26.4 Å². The average molecular weight is 921 g/mol. The van der Waals surface area contributed by atoms with Gasteiger partial charge in [0.2, 0.25) is 0 Å². The van der Waals surface area contributed by atoms with E-state index in [2.05, 4.69) is 135 Å². The molecule has 0 aromatic rings. The highest BCUT2D eigenvalue weighted by atomic mass is 16.7. The zero-order valence-corrected chi connectivity index (χ0v) is 41.1. The first-order chi connectivity index (χ1) is 32.4. The number of ether oxygens (including phenoxy) is 4. The molecule has 4 N–H and O–H groups in total. The molecular weight excluding hydrogens is 829 g/mol. The van der Waals surface area contributed by atoms with Gasteiger partial charge in [-0.05, 0) is 96.3 Å². The molecule has 1 fully saturated rings. The van der Waals surface area contributed by atoms with E-state index < -0.39 is 43.4 Å². The summed E-state index contributed by atoms with van der Waals surface area (Å²) in [5.41, 5.74) is 0. The third-order valence-corrected chi connectivity index (χ3v) is 10.9. The van der Waals surface area contributed by atoms with Crippen LogP contribution in [0.2, 0.25) is 0 Å². The van der Waals surface area contributed by atoms with E-state index in [-0.39, 0.29) is 19.2 Å². The molecule has 0 aromatic carbocycles. The maximum atomic E-state index is 12.8. The SMILES string of the molecule is CC/C=C\C/C=C\C/C=C\C/C=C\C/C=C\C/C=C\CCCOCC(COC1OC(CO)C(O)C(O)C1O)OC(=O)CCCCCCCCCCCC/C=C\C/C=C\C/C=C\C/C=C\CC. The number of rotatable bonds is 42. The molecule has 9 heteroatoms. The summed E-state index contributed by atoms with van der Waals surface area (Å²) in [4.78, 5) is 12.8. The molecule has 66 heavy (non-hydrogen) atoms. The van der Waals surface area contributed by atoms with Gasteiger partial charge in [0.25, 0.3) is 0 Å². The van der Waals surface area contributed by atoms with E-state index in [0.29, 0.717) is 13.0 Å². The van der Waals surface area contributed by atoms with Crippen LogP contribution in [0.3, 0.4) is 0 Å². The van der Waals surface area contributed by atoms with Crippen LogP contribution in [0.5, 0.6) is 0 Å². The van der Waals surface area contributed by atoms with Gasteiger partial charge in [-0.25, -0.2) is 0 Å². The molecule has 6 unspecified atom stereocenters. The summed E-state index contributed by atoms with van der Waals surface area (Å²) < 4.78 is 22.8. The van der Waals surface area contributed by atoms with Gasteiger partial charge in [0, 0.05) is 13.0 Å². The highest BCUT2D eigenvalue weighted by molar-refractivity contribution is 5.69. The van der Waals surface area contributed by atoms with Crippen molar-refractivity contribution >= 4 is 5.97 Å². The van der Waals surface area contributed by atoms with Gasteiger partial charge in [-0.15, -0.1) is 0 Å². The molecule has 1 rings (SSSR count). The van der Waals surface area contributed by atoms with E-state index in [1.807, 2.05) is 0 Å². The molecule has 0 spiro atoms. The first-order valence-corrected chi connectivity index (χ1v) is 25.6. The van der Waals surface area contributed by atoms with E-state index in [1.54, 1.807) is 0 Å². The molecule has 1 saturated heterocycles. The predicted molar refractivity (Wildman–Crippen MR) is 274 cm³/mol. The number of allylic oxidation sites excluding steroid dienone is 20. The number of carbonyl (C=O) groups excluding carboxylic acids is 1. The maximum Gasteiger partial charge on any atom is 0.306 e. The van der Waals surface area contributed by atoms with Gasteiger partial charge in [0.15, 0.2) is 6.29 Å². The zero-order chi connectivity index (χ0) is 47.8. The molecule has 6 atom stereocenters. The lowest BCUT2D eigenvalue weighted by atomic mass is 9.99. The van der Waals surface area contributed by atoms with E-state index in [0.717, 1.165) is 103 Å². The third kappa shape index (κ3) is 36.7. The number of hydrogen-bond acceptors (Lipinski definition) is 9. The summed E-state index contributed by atoms with van der Waals surface area (Å²) in [5.74, 6) is -0.343. The monoisotopic (exact) mass is 921 g/mol. The Bertz CT molecular complexity index is 1420. The van der Waals surface area contributed by atoms with Crippen LogP contribution in [0.25, 0.3) is 0 Å². The Morgan fingerprint density at radius 3 is 1.32 bits per heavy atom. The lowest BCUT2D eigenvalue weighted by Gasteiger charge is -2.39. The van der Waals surface area contributed by atoms with Crippen molar-refractivity contribution in [3.63, 3.8) is 0 Å². The lowest BCUT2D eigenvalue weighted by Crippen LogP contribution is -2.59. The standard InChI is InChI=1S/C57H92O9/c1-3-5-7-9-11-13-15-17-19-21-23-25-26-27-28-30-32-34-36-38-40-42-44-46-53(59)65-51(50-64-57-56(62)55(61)54(60)52(48-58)66-57)49-63-47-45-43-41-39-37-35-33-31-29-24-22-20-18-16-14-12-10-8-6-4-2/h5-8,11-14,17-20,23-25,29,33,35,39,41,51-52,54-58,60-62H,3-4,9-10,15-16,21-22,26-28,30-32,34,36-38,40,42-50H2,1-2H3/b7-5-,8-6-,13-11-,14-12-,19-17-,20-18-,25-23-,29-24-,35-33-,41-39-. The summed E-state index contributed by atoms with van der Waals surface area (Å²) in [5, 5.41) is 40.3. The number of unbranched alkanes of at least 4 members (excludes halogenated alkanes) is 11. The summed E-state index contributed by atoms with van der Waals surface area (Å²) in [6.07, 6.45) is 60.9. The highest BCUT2D eigenvalue weighted by Gasteiger charge is 2.44. The number of carbonyl (C=O) groups is 1. The van der Waals surface area contributed by atoms with Gasteiger partial charge in [0.1, 0.15) is 30.5 Å². The second-order valence-electron chi connectivity index (χ2n) is 16.8. The molecule has 0 aromatic heterocycles. The smallest absolute Gasteiger partial charge is 0.306 e. The molecule has 0 radical (unpaired) electrons. The fourth-order valence-corrected chi connectivity index (χ4v) is 6.97. The van der Waals surface area contributed by atoms with Crippen molar-refractivity contribution in [2.45, 2.75) is 205 Å². The van der Waals surface area contributed by atoms with Crippen molar-refractivity contribution in [2.24, 2.45) is 0 Å². The van der Waals surface area contributed by atoms with Crippen LogP contribution < -0.4 is 0 Å². The zero-order valence-electron chi connectivity index (χ0n) is 41.1. The highest BCUT2D eigenvalue weighted by Crippen LogP contribution is 2.22. The van der Waals surface area contributed by atoms with Crippen LogP contribution in [0, 0.1) is 0 Å². The Morgan fingerprint density at radius 2 is 0.879 bits per heavy atom. The minimum Gasteiger partial charge on any atom is -0.457 e. The molecule has 9 nitrogen and oxygen atoms in total. The molecule has 1 aliphatic rings. The number of aliphatic hydroxyl groups excluding tert-OH is 4. The quantitative estimate of drug-likeness (QED) is 0.0268.